The summed E-state index contributed by atoms with van der Waals surface area (Å²) in [7, 11) is 4.12. The van der Waals surface area contributed by atoms with Crippen LogP contribution >= 0.6 is 36.2 Å². The monoisotopic (exact) mass is 395 g/mol. The summed E-state index contributed by atoms with van der Waals surface area (Å²) in [5.41, 5.74) is 0. The van der Waals surface area contributed by atoms with E-state index in [1.54, 1.807) is 11.3 Å². The van der Waals surface area contributed by atoms with Crippen LogP contribution in [0.25, 0.3) is 0 Å². The molecule has 2 N–H and O–H groups in total. The van der Waals surface area contributed by atoms with Crippen LogP contribution in [0.4, 0.5) is 0 Å². The summed E-state index contributed by atoms with van der Waals surface area (Å²) in [6.07, 6.45) is 3.12. The Hall–Kier alpha value is -0.330. The van der Waals surface area contributed by atoms with Crippen molar-refractivity contribution in [2.24, 2.45) is 11.8 Å². The first-order chi connectivity index (χ1) is 10.6. The average Bonchev–Trinajstić information content (AvgIpc) is 3.02. The number of halogens is 2. The Morgan fingerprint density at radius 3 is 2.75 bits per heavy atom. The van der Waals surface area contributed by atoms with E-state index in [9.17, 15) is 4.79 Å². The fourth-order valence-electron chi connectivity index (χ4n) is 3.12. The van der Waals surface area contributed by atoms with Crippen molar-refractivity contribution in [3.8, 4) is 0 Å². The molecule has 1 aromatic heterocycles. The molecule has 2 heterocycles. The molecule has 1 aliphatic heterocycles. The zero-order valence-corrected chi connectivity index (χ0v) is 17.2. The summed E-state index contributed by atoms with van der Waals surface area (Å²) in [5, 5.41) is 8.65. The third-order valence-electron chi connectivity index (χ3n) is 4.63. The maximum absolute atomic E-state index is 12.2. The van der Waals surface area contributed by atoms with E-state index in [0.717, 1.165) is 13.1 Å². The molecule has 1 aliphatic rings. The summed E-state index contributed by atoms with van der Waals surface area (Å²) in [5.74, 6) is 1.27. The zero-order chi connectivity index (χ0) is 15.9. The molecule has 1 amide bonds. The highest BCUT2D eigenvalue weighted by molar-refractivity contribution is 7.10. The number of thiophene rings is 1. The molecule has 3 unspecified atom stereocenters. The molecule has 0 saturated carbocycles. The fourth-order valence-corrected chi connectivity index (χ4v) is 4.05. The van der Waals surface area contributed by atoms with E-state index in [1.807, 2.05) is 0 Å². The number of carbonyl (C=O) groups excluding carboxylic acids is 1. The molecule has 3 atom stereocenters. The minimum atomic E-state index is 0. The van der Waals surface area contributed by atoms with Gasteiger partial charge in [-0.1, -0.05) is 13.0 Å². The molecule has 7 heteroatoms. The van der Waals surface area contributed by atoms with Gasteiger partial charge in [0.25, 0.3) is 0 Å². The molecule has 1 saturated heterocycles. The Morgan fingerprint density at radius 2 is 2.21 bits per heavy atom. The van der Waals surface area contributed by atoms with Crippen molar-refractivity contribution in [1.29, 1.82) is 0 Å². The Kier molecular flexibility index (Phi) is 11.9. The Morgan fingerprint density at radius 1 is 1.46 bits per heavy atom. The lowest BCUT2D eigenvalue weighted by atomic mass is 9.85. The first kappa shape index (κ1) is 23.7. The van der Waals surface area contributed by atoms with Crippen LogP contribution in [0.5, 0.6) is 0 Å². The first-order valence-electron chi connectivity index (χ1n) is 8.25. The highest BCUT2D eigenvalue weighted by Crippen LogP contribution is 2.24. The molecule has 0 aliphatic carbocycles. The van der Waals surface area contributed by atoms with Gasteiger partial charge in [0.1, 0.15) is 0 Å². The zero-order valence-electron chi connectivity index (χ0n) is 14.8. The lowest BCUT2D eigenvalue weighted by Crippen LogP contribution is -2.37. The molecule has 0 radical (unpaired) electrons. The number of nitrogens with zero attached hydrogens (tertiary/aromatic N) is 1. The predicted molar refractivity (Wildman–Crippen MR) is 108 cm³/mol. The second-order valence-corrected chi connectivity index (χ2v) is 7.57. The van der Waals surface area contributed by atoms with E-state index in [2.05, 4.69) is 54.1 Å². The van der Waals surface area contributed by atoms with Gasteiger partial charge in [-0.3, -0.25) is 4.79 Å². The molecule has 140 valence electrons. The average molecular weight is 396 g/mol. The smallest absolute Gasteiger partial charge is 0.220 e. The van der Waals surface area contributed by atoms with Crippen molar-refractivity contribution in [2.75, 3.05) is 33.7 Å². The quantitative estimate of drug-likeness (QED) is 0.743. The Labute approximate surface area is 162 Å². The molecule has 0 bridgehead atoms. The second kappa shape index (κ2) is 12.1. The standard InChI is InChI=1S/C17H29N3OS.2ClH/c1-13(14-6-4-8-18-11-14)10-17(21)19-12-15(20(2)3)16-7-5-9-22-16;;/h5,7,9,13-15,18H,4,6,8,10-12H2,1-3H3,(H,19,21);2*1H. The predicted octanol–water partition coefficient (Wildman–Crippen LogP) is 3.34. The van der Waals surface area contributed by atoms with Crippen LogP contribution in [0.1, 0.15) is 37.1 Å². The topological polar surface area (TPSA) is 44.4 Å². The summed E-state index contributed by atoms with van der Waals surface area (Å²) in [4.78, 5) is 15.7. The van der Waals surface area contributed by atoms with E-state index >= 15 is 0 Å². The normalized spacial score (nSPS) is 19.8. The molecule has 1 aromatic rings. The van der Waals surface area contributed by atoms with Gasteiger partial charge < -0.3 is 15.5 Å². The number of hydrogen-bond acceptors (Lipinski definition) is 4. The van der Waals surface area contributed by atoms with Crippen molar-refractivity contribution in [3.63, 3.8) is 0 Å². The van der Waals surface area contributed by atoms with Crippen LogP contribution in [-0.2, 0) is 4.79 Å². The summed E-state index contributed by atoms with van der Waals surface area (Å²) >= 11 is 1.75. The van der Waals surface area contributed by atoms with Gasteiger partial charge in [0.05, 0.1) is 6.04 Å². The first-order valence-corrected chi connectivity index (χ1v) is 9.13. The Bertz CT molecular complexity index is 451. The van der Waals surface area contributed by atoms with E-state index in [4.69, 9.17) is 0 Å². The summed E-state index contributed by atoms with van der Waals surface area (Å²) in [6.45, 7) is 5.08. The molecule has 0 aromatic carbocycles. The van der Waals surface area contributed by atoms with Gasteiger partial charge in [0.15, 0.2) is 0 Å². The van der Waals surface area contributed by atoms with Crippen LogP contribution in [0.3, 0.4) is 0 Å². The molecule has 1 fully saturated rings. The number of amides is 1. The largest absolute Gasteiger partial charge is 0.354 e. The lowest BCUT2D eigenvalue weighted by molar-refractivity contribution is -0.122. The van der Waals surface area contributed by atoms with Crippen LogP contribution in [0.15, 0.2) is 17.5 Å². The van der Waals surface area contributed by atoms with Crippen molar-refractivity contribution in [3.05, 3.63) is 22.4 Å². The second-order valence-electron chi connectivity index (χ2n) is 6.59. The van der Waals surface area contributed by atoms with E-state index in [0.29, 0.717) is 24.8 Å². The maximum Gasteiger partial charge on any atom is 0.220 e. The highest BCUT2D eigenvalue weighted by atomic mass is 35.5. The Balaban J connectivity index is 0.00000264. The number of piperidine rings is 1. The van der Waals surface area contributed by atoms with Gasteiger partial charge >= 0.3 is 0 Å². The van der Waals surface area contributed by atoms with Gasteiger partial charge in [-0.25, -0.2) is 0 Å². The highest BCUT2D eigenvalue weighted by Gasteiger charge is 2.23. The third kappa shape index (κ3) is 7.28. The summed E-state index contributed by atoms with van der Waals surface area (Å²) < 4.78 is 0. The minimum absolute atomic E-state index is 0. The fraction of sp³-hybridized carbons (Fsp3) is 0.706. The minimum Gasteiger partial charge on any atom is -0.354 e. The van der Waals surface area contributed by atoms with Gasteiger partial charge in [0.2, 0.25) is 5.91 Å². The van der Waals surface area contributed by atoms with Crippen LogP contribution < -0.4 is 10.6 Å². The van der Waals surface area contributed by atoms with Crippen molar-refractivity contribution in [2.45, 2.75) is 32.2 Å². The number of rotatable bonds is 7. The molecular weight excluding hydrogens is 365 g/mol. The molecular formula is C17H31Cl2N3OS. The van der Waals surface area contributed by atoms with Crippen molar-refractivity contribution >= 4 is 42.1 Å². The van der Waals surface area contributed by atoms with E-state index < -0.39 is 0 Å². The van der Waals surface area contributed by atoms with E-state index in [-0.39, 0.29) is 36.8 Å². The lowest BCUT2D eigenvalue weighted by Gasteiger charge is -2.28. The number of likely N-dealkylation sites (N-methyl/N-ethyl adjacent to an activating group) is 1. The van der Waals surface area contributed by atoms with Crippen LogP contribution in [0.2, 0.25) is 0 Å². The van der Waals surface area contributed by atoms with Crippen LogP contribution in [-0.4, -0.2) is 44.5 Å². The van der Waals surface area contributed by atoms with Crippen molar-refractivity contribution in [1.82, 2.24) is 15.5 Å². The van der Waals surface area contributed by atoms with Gasteiger partial charge in [0, 0.05) is 17.8 Å². The maximum atomic E-state index is 12.2. The molecule has 2 rings (SSSR count). The SMILES string of the molecule is CC(CC(=O)NCC(c1cccs1)N(C)C)C1CCCNC1.Cl.Cl. The van der Waals surface area contributed by atoms with Crippen LogP contribution in [0, 0.1) is 11.8 Å². The molecule has 24 heavy (non-hydrogen) atoms. The van der Waals surface area contributed by atoms with Gasteiger partial charge in [-0.15, -0.1) is 36.2 Å². The van der Waals surface area contributed by atoms with Gasteiger partial charge in [-0.2, -0.15) is 0 Å². The van der Waals surface area contributed by atoms with E-state index in [1.165, 1.54) is 17.7 Å². The summed E-state index contributed by atoms with van der Waals surface area (Å²) in [6, 6.07) is 4.46. The molecule has 4 nitrogen and oxygen atoms in total. The number of hydrogen-bond donors (Lipinski definition) is 2. The van der Waals surface area contributed by atoms with Crippen molar-refractivity contribution < 1.29 is 4.79 Å². The number of nitrogens with one attached hydrogen (secondary N) is 2. The van der Waals surface area contributed by atoms with Gasteiger partial charge in [-0.05, 0) is 63.3 Å². The number of carbonyl (C=O) groups is 1. The third-order valence-corrected chi connectivity index (χ3v) is 5.61. The molecule has 0 spiro atoms.